The second kappa shape index (κ2) is 6.55. The summed E-state index contributed by atoms with van der Waals surface area (Å²) in [6, 6.07) is 0. The first-order valence-corrected chi connectivity index (χ1v) is 9.28. The highest BCUT2D eigenvalue weighted by molar-refractivity contribution is 5.35. The van der Waals surface area contributed by atoms with Crippen molar-refractivity contribution >= 4 is 5.82 Å². The maximum Gasteiger partial charge on any atom is 0.351 e. The van der Waals surface area contributed by atoms with Crippen LogP contribution in [-0.4, -0.2) is 51.8 Å². The first-order valence-electron chi connectivity index (χ1n) is 9.28. The van der Waals surface area contributed by atoms with Crippen LogP contribution in [0.25, 0.3) is 0 Å². The van der Waals surface area contributed by atoms with Gasteiger partial charge in [0.05, 0.1) is 24.4 Å². The molecule has 3 rings (SSSR count). The van der Waals surface area contributed by atoms with Crippen molar-refractivity contribution in [1.82, 2.24) is 9.55 Å². The normalized spacial score (nSPS) is 30.9. The number of nitrogens with zero attached hydrogens (tertiary/aromatic N) is 2. The molecule has 1 unspecified atom stereocenters. The molecule has 3 heterocycles. The van der Waals surface area contributed by atoms with Gasteiger partial charge in [-0.1, -0.05) is 0 Å². The van der Waals surface area contributed by atoms with Crippen molar-refractivity contribution in [2.45, 2.75) is 83.7 Å². The van der Waals surface area contributed by atoms with E-state index in [9.17, 15) is 4.79 Å². The van der Waals surface area contributed by atoms with Crippen LogP contribution in [0.15, 0.2) is 11.0 Å². The summed E-state index contributed by atoms with van der Waals surface area (Å²) in [6.45, 7) is 14.4. The summed E-state index contributed by atoms with van der Waals surface area (Å²) in [5.74, 6) is 0.216. The van der Waals surface area contributed by atoms with Crippen LogP contribution in [0, 0.1) is 6.92 Å². The van der Waals surface area contributed by atoms with E-state index in [1.54, 1.807) is 13.1 Å². The Hall–Kier alpha value is -1.48. The Labute approximate surface area is 159 Å². The monoisotopic (exact) mass is 381 g/mol. The molecule has 0 radical (unpaired) electrons. The SMILES string of the molecule is Cc1cn([C@@H]2O[C@@]3(COC(C)(C)C)CO[C@H]2C3OC(C)(C)C)c(=O)nc1N. The maximum atomic E-state index is 12.4. The maximum absolute atomic E-state index is 12.4. The zero-order chi connectivity index (χ0) is 20.2. The molecule has 1 aromatic heterocycles. The van der Waals surface area contributed by atoms with Crippen LogP contribution in [-0.2, 0) is 18.9 Å². The van der Waals surface area contributed by atoms with Gasteiger partial charge in [-0.3, -0.25) is 4.57 Å². The van der Waals surface area contributed by atoms with E-state index in [0.717, 1.165) is 0 Å². The van der Waals surface area contributed by atoms with E-state index >= 15 is 0 Å². The number of hydrogen-bond donors (Lipinski definition) is 1. The van der Waals surface area contributed by atoms with Crippen molar-refractivity contribution in [3.8, 4) is 0 Å². The summed E-state index contributed by atoms with van der Waals surface area (Å²) in [5, 5.41) is 0. The van der Waals surface area contributed by atoms with Gasteiger partial charge in [-0.05, 0) is 48.5 Å². The Morgan fingerprint density at radius 3 is 2.56 bits per heavy atom. The number of ether oxygens (including phenoxy) is 4. The van der Waals surface area contributed by atoms with Gasteiger partial charge >= 0.3 is 5.69 Å². The molecule has 2 saturated heterocycles. The fraction of sp³-hybridized carbons (Fsp3) is 0.789. The summed E-state index contributed by atoms with van der Waals surface area (Å²) in [4.78, 5) is 16.3. The standard InChI is InChI=1S/C19H31N3O5/c1-11-8-22(16(23)21-14(11)20)15-12-13(26-18(5,6)7)19(27-15,9-24-12)10-25-17(2,3)4/h8,12-13,15H,9-10H2,1-7H3,(H2,20,21,23)/t12-,13?,15+,19+/m0/s1. The van der Waals surface area contributed by atoms with Crippen molar-refractivity contribution in [1.29, 1.82) is 0 Å². The van der Waals surface area contributed by atoms with E-state index in [4.69, 9.17) is 24.7 Å². The van der Waals surface area contributed by atoms with E-state index in [-0.39, 0.29) is 17.5 Å². The average molecular weight is 381 g/mol. The third-order valence-electron chi connectivity index (χ3n) is 4.65. The molecule has 0 saturated carbocycles. The molecule has 2 aliphatic heterocycles. The minimum atomic E-state index is -0.787. The van der Waals surface area contributed by atoms with E-state index in [1.807, 2.05) is 41.5 Å². The smallest absolute Gasteiger partial charge is 0.351 e. The van der Waals surface area contributed by atoms with E-state index in [1.165, 1.54) is 4.57 Å². The highest BCUT2D eigenvalue weighted by atomic mass is 16.7. The number of anilines is 1. The molecular formula is C19H31N3O5. The number of fused-ring (bicyclic) bond motifs is 2. The lowest BCUT2D eigenvalue weighted by Crippen LogP contribution is -2.50. The van der Waals surface area contributed by atoms with Crippen molar-refractivity contribution < 1.29 is 18.9 Å². The van der Waals surface area contributed by atoms with Gasteiger partial charge in [-0.15, -0.1) is 0 Å². The predicted molar refractivity (Wildman–Crippen MR) is 101 cm³/mol. The molecule has 2 N–H and O–H groups in total. The third-order valence-corrected chi connectivity index (χ3v) is 4.65. The van der Waals surface area contributed by atoms with Crippen LogP contribution in [0.2, 0.25) is 0 Å². The number of nitrogens with two attached hydrogens (primary N) is 1. The highest BCUT2D eigenvalue weighted by Gasteiger charge is 2.64. The molecule has 8 heteroatoms. The van der Waals surface area contributed by atoms with Gasteiger partial charge in [-0.2, -0.15) is 4.98 Å². The summed E-state index contributed by atoms with van der Waals surface area (Å²) >= 11 is 0. The molecule has 0 aliphatic carbocycles. The Kier molecular flexibility index (Phi) is 4.91. The van der Waals surface area contributed by atoms with Crippen molar-refractivity contribution in [2.24, 2.45) is 0 Å². The molecule has 1 aromatic rings. The van der Waals surface area contributed by atoms with Gasteiger partial charge in [0.1, 0.15) is 23.6 Å². The fourth-order valence-corrected chi connectivity index (χ4v) is 3.37. The van der Waals surface area contributed by atoms with E-state index in [2.05, 4.69) is 4.98 Å². The number of aryl methyl sites for hydroxylation is 1. The zero-order valence-electron chi connectivity index (χ0n) is 17.2. The topological polar surface area (TPSA) is 97.8 Å². The Balaban J connectivity index is 1.96. The fourth-order valence-electron chi connectivity index (χ4n) is 3.37. The van der Waals surface area contributed by atoms with E-state index in [0.29, 0.717) is 18.8 Å². The zero-order valence-corrected chi connectivity index (χ0v) is 17.2. The summed E-state index contributed by atoms with van der Waals surface area (Å²) < 4.78 is 26.2. The lowest BCUT2D eigenvalue weighted by Gasteiger charge is -2.35. The Bertz CT molecular complexity index is 764. The molecule has 8 nitrogen and oxygen atoms in total. The molecule has 0 aromatic carbocycles. The second-order valence-electron chi connectivity index (χ2n) is 9.40. The van der Waals surface area contributed by atoms with Gasteiger partial charge in [-0.25, -0.2) is 4.79 Å². The summed E-state index contributed by atoms with van der Waals surface area (Å²) in [6.07, 6.45) is 0.213. The van der Waals surface area contributed by atoms with Gasteiger partial charge < -0.3 is 24.7 Å². The third kappa shape index (κ3) is 4.03. The molecular weight excluding hydrogens is 350 g/mol. The van der Waals surface area contributed by atoms with Crippen molar-refractivity contribution in [3.63, 3.8) is 0 Å². The molecule has 2 aliphatic rings. The predicted octanol–water partition coefficient (Wildman–Crippen LogP) is 1.80. The Morgan fingerprint density at radius 2 is 1.96 bits per heavy atom. The highest BCUT2D eigenvalue weighted by Crippen LogP contribution is 2.48. The largest absolute Gasteiger partial charge is 0.383 e. The molecule has 0 amide bonds. The number of hydrogen-bond acceptors (Lipinski definition) is 7. The van der Waals surface area contributed by atoms with Gasteiger partial charge in [0, 0.05) is 11.8 Å². The minimum Gasteiger partial charge on any atom is -0.383 e. The summed E-state index contributed by atoms with van der Waals surface area (Å²) in [7, 11) is 0. The molecule has 4 atom stereocenters. The number of aromatic nitrogens is 2. The van der Waals surface area contributed by atoms with Crippen molar-refractivity contribution in [2.75, 3.05) is 18.9 Å². The van der Waals surface area contributed by atoms with Gasteiger partial charge in [0.2, 0.25) is 0 Å². The van der Waals surface area contributed by atoms with Crippen LogP contribution in [0.1, 0.15) is 53.3 Å². The van der Waals surface area contributed by atoms with Crippen LogP contribution in [0.4, 0.5) is 5.82 Å². The molecule has 2 bridgehead atoms. The van der Waals surface area contributed by atoms with Crippen LogP contribution >= 0.6 is 0 Å². The lowest BCUT2D eigenvalue weighted by molar-refractivity contribution is -0.211. The minimum absolute atomic E-state index is 0.216. The van der Waals surface area contributed by atoms with Crippen LogP contribution in [0.3, 0.4) is 0 Å². The van der Waals surface area contributed by atoms with E-state index < -0.39 is 29.2 Å². The summed E-state index contributed by atoms with van der Waals surface area (Å²) in [5.41, 5.74) is 4.46. The second-order valence-corrected chi connectivity index (χ2v) is 9.40. The number of nitrogen functional groups attached to an aromatic ring is 1. The van der Waals surface area contributed by atoms with Crippen molar-refractivity contribution in [3.05, 3.63) is 22.2 Å². The lowest BCUT2D eigenvalue weighted by atomic mass is 9.98. The Morgan fingerprint density at radius 1 is 1.30 bits per heavy atom. The van der Waals surface area contributed by atoms with Gasteiger partial charge in [0.25, 0.3) is 0 Å². The average Bonchev–Trinajstić information content (AvgIpc) is 2.99. The van der Waals surface area contributed by atoms with Gasteiger partial charge in [0.15, 0.2) is 6.23 Å². The molecule has 27 heavy (non-hydrogen) atoms. The number of rotatable bonds is 4. The first-order chi connectivity index (χ1) is 12.3. The first kappa shape index (κ1) is 20.3. The quantitative estimate of drug-likeness (QED) is 0.849. The molecule has 2 fully saturated rings. The molecule has 152 valence electrons. The van der Waals surface area contributed by atoms with Crippen LogP contribution < -0.4 is 11.4 Å². The molecule has 0 spiro atoms. The van der Waals surface area contributed by atoms with Crippen LogP contribution in [0.5, 0.6) is 0 Å².